The van der Waals surface area contributed by atoms with Crippen LogP contribution in [0.1, 0.15) is 23.2 Å². The fraction of sp³-hybridized carbons (Fsp3) is 0.316. The van der Waals surface area contributed by atoms with Gasteiger partial charge in [0.25, 0.3) is 0 Å². The van der Waals surface area contributed by atoms with Crippen molar-refractivity contribution in [2.75, 3.05) is 25.5 Å². The van der Waals surface area contributed by atoms with Crippen LogP contribution >= 0.6 is 0 Å². The summed E-state index contributed by atoms with van der Waals surface area (Å²) in [7, 11) is 1.37. The number of aromatic nitrogens is 3. The van der Waals surface area contributed by atoms with Gasteiger partial charge in [0.15, 0.2) is 0 Å². The van der Waals surface area contributed by atoms with Crippen molar-refractivity contribution in [3.8, 4) is 11.4 Å². The third-order valence-corrected chi connectivity index (χ3v) is 4.59. The number of nitrogens with zero attached hydrogens (tertiary/aromatic N) is 3. The normalized spacial score (nSPS) is 17.2. The van der Waals surface area contributed by atoms with Crippen LogP contribution in [-0.2, 0) is 4.74 Å². The Bertz CT molecular complexity index is 931. The number of anilines is 1. The highest BCUT2D eigenvalue weighted by atomic mass is 16.5. The predicted molar refractivity (Wildman–Crippen MR) is 99.3 cm³/mol. The first-order valence-corrected chi connectivity index (χ1v) is 8.75. The second-order valence-corrected chi connectivity index (χ2v) is 6.37. The standard InChI is InChI=1S/C19H21N5O2/c1-26-19(25)13-7-9-24-16(12-21-18(24)10-13)15-5-2-6-17(23-15)22-14-4-3-8-20-11-14/h2,5-7,9-10,12,14,20H,3-4,8,11H2,1H3,(H,22,23). The summed E-state index contributed by atoms with van der Waals surface area (Å²) in [6, 6.07) is 9.77. The highest BCUT2D eigenvalue weighted by Gasteiger charge is 2.14. The van der Waals surface area contributed by atoms with Crippen molar-refractivity contribution in [3.05, 3.63) is 48.3 Å². The molecule has 7 nitrogen and oxygen atoms in total. The van der Waals surface area contributed by atoms with Crippen LogP contribution in [0.3, 0.4) is 0 Å². The predicted octanol–water partition coefficient (Wildman–Crippen LogP) is 2.35. The molecule has 0 radical (unpaired) electrons. The Labute approximate surface area is 151 Å². The van der Waals surface area contributed by atoms with Crippen LogP contribution in [0.25, 0.3) is 17.0 Å². The van der Waals surface area contributed by atoms with E-state index in [1.54, 1.807) is 18.3 Å². The van der Waals surface area contributed by atoms with Gasteiger partial charge in [-0.2, -0.15) is 0 Å². The molecule has 3 aromatic rings. The molecule has 0 saturated carbocycles. The van der Waals surface area contributed by atoms with Gasteiger partial charge < -0.3 is 15.4 Å². The van der Waals surface area contributed by atoms with Gasteiger partial charge in [-0.05, 0) is 43.7 Å². The summed E-state index contributed by atoms with van der Waals surface area (Å²) in [5, 5.41) is 6.90. The van der Waals surface area contributed by atoms with E-state index in [9.17, 15) is 4.79 Å². The Kier molecular flexibility index (Phi) is 4.53. The first-order valence-electron chi connectivity index (χ1n) is 8.75. The minimum atomic E-state index is -0.373. The lowest BCUT2D eigenvalue weighted by Crippen LogP contribution is -2.38. The number of rotatable bonds is 4. The molecule has 4 heterocycles. The molecule has 134 valence electrons. The van der Waals surface area contributed by atoms with Crippen LogP contribution in [-0.4, -0.2) is 46.6 Å². The smallest absolute Gasteiger partial charge is 0.338 e. The van der Waals surface area contributed by atoms with E-state index in [0.29, 0.717) is 17.3 Å². The number of fused-ring (bicyclic) bond motifs is 1. The Morgan fingerprint density at radius 2 is 2.31 bits per heavy atom. The fourth-order valence-corrected chi connectivity index (χ4v) is 3.26. The van der Waals surface area contributed by atoms with Gasteiger partial charge in [0.05, 0.1) is 30.3 Å². The Morgan fingerprint density at radius 1 is 1.38 bits per heavy atom. The van der Waals surface area contributed by atoms with Gasteiger partial charge in [0, 0.05) is 18.8 Å². The molecule has 1 aliphatic heterocycles. The summed E-state index contributed by atoms with van der Waals surface area (Å²) < 4.78 is 6.68. The molecule has 7 heteroatoms. The molecule has 26 heavy (non-hydrogen) atoms. The molecule has 1 saturated heterocycles. The van der Waals surface area contributed by atoms with Crippen molar-refractivity contribution >= 4 is 17.4 Å². The first kappa shape index (κ1) is 16.5. The summed E-state index contributed by atoms with van der Waals surface area (Å²) in [5.41, 5.74) is 2.86. The van der Waals surface area contributed by atoms with Crippen molar-refractivity contribution in [1.82, 2.24) is 19.7 Å². The molecule has 1 unspecified atom stereocenters. The number of piperidine rings is 1. The molecule has 1 atom stereocenters. The lowest BCUT2D eigenvalue weighted by molar-refractivity contribution is 0.0600. The molecule has 0 aliphatic carbocycles. The van der Waals surface area contributed by atoms with E-state index in [2.05, 4.69) is 15.6 Å². The zero-order chi connectivity index (χ0) is 17.9. The number of hydrogen-bond donors (Lipinski definition) is 2. The van der Waals surface area contributed by atoms with Crippen molar-refractivity contribution in [3.63, 3.8) is 0 Å². The Balaban J connectivity index is 1.62. The van der Waals surface area contributed by atoms with Crippen molar-refractivity contribution in [2.24, 2.45) is 0 Å². The lowest BCUT2D eigenvalue weighted by Gasteiger charge is -2.24. The van der Waals surface area contributed by atoms with E-state index in [-0.39, 0.29) is 5.97 Å². The molecule has 4 rings (SSSR count). The van der Waals surface area contributed by atoms with Gasteiger partial charge in [0.1, 0.15) is 11.5 Å². The maximum atomic E-state index is 11.7. The number of nitrogens with one attached hydrogen (secondary N) is 2. The summed E-state index contributed by atoms with van der Waals surface area (Å²) in [5.74, 6) is 0.486. The molecular weight excluding hydrogens is 330 g/mol. The molecular formula is C19H21N5O2. The van der Waals surface area contributed by atoms with E-state index in [1.165, 1.54) is 13.5 Å². The van der Waals surface area contributed by atoms with Crippen molar-refractivity contribution < 1.29 is 9.53 Å². The summed E-state index contributed by atoms with van der Waals surface area (Å²) in [4.78, 5) is 20.8. The molecule has 0 bridgehead atoms. The molecule has 0 amide bonds. The number of pyridine rings is 2. The lowest BCUT2D eigenvalue weighted by atomic mass is 10.1. The van der Waals surface area contributed by atoms with Crippen LogP contribution < -0.4 is 10.6 Å². The number of ether oxygens (including phenoxy) is 1. The summed E-state index contributed by atoms with van der Waals surface area (Å²) in [6.07, 6.45) is 5.90. The number of imidazole rings is 1. The van der Waals surface area contributed by atoms with Crippen LogP contribution in [0.2, 0.25) is 0 Å². The van der Waals surface area contributed by atoms with Gasteiger partial charge in [-0.3, -0.25) is 4.40 Å². The minimum Gasteiger partial charge on any atom is -0.465 e. The minimum absolute atomic E-state index is 0.373. The quantitative estimate of drug-likeness (QED) is 0.703. The number of carbonyl (C=O) groups excluding carboxylic acids is 1. The van der Waals surface area contributed by atoms with E-state index in [0.717, 1.165) is 36.7 Å². The molecule has 2 N–H and O–H groups in total. The fourth-order valence-electron chi connectivity index (χ4n) is 3.26. The van der Waals surface area contributed by atoms with Gasteiger partial charge in [-0.1, -0.05) is 6.07 Å². The van der Waals surface area contributed by atoms with Crippen molar-refractivity contribution in [1.29, 1.82) is 0 Å². The maximum absolute atomic E-state index is 11.7. The molecule has 1 aliphatic rings. The number of hydrogen-bond acceptors (Lipinski definition) is 6. The average molecular weight is 351 g/mol. The highest BCUT2D eigenvalue weighted by Crippen LogP contribution is 2.22. The van der Waals surface area contributed by atoms with Gasteiger partial charge >= 0.3 is 5.97 Å². The van der Waals surface area contributed by atoms with Crippen LogP contribution in [0, 0.1) is 0 Å². The van der Waals surface area contributed by atoms with Gasteiger partial charge in [-0.25, -0.2) is 14.8 Å². The van der Waals surface area contributed by atoms with Gasteiger partial charge in [0.2, 0.25) is 0 Å². The third kappa shape index (κ3) is 3.25. The van der Waals surface area contributed by atoms with Crippen molar-refractivity contribution in [2.45, 2.75) is 18.9 Å². The molecule has 0 aromatic carbocycles. The molecule has 0 spiro atoms. The second kappa shape index (κ2) is 7.13. The Morgan fingerprint density at radius 3 is 3.12 bits per heavy atom. The van der Waals surface area contributed by atoms with Gasteiger partial charge in [-0.15, -0.1) is 0 Å². The van der Waals surface area contributed by atoms with Crippen LogP contribution in [0.15, 0.2) is 42.7 Å². The second-order valence-electron chi connectivity index (χ2n) is 6.37. The zero-order valence-electron chi connectivity index (χ0n) is 14.6. The number of methoxy groups -OCH3 is 1. The highest BCUT2D eigenvalue weighted by molar-refractivity contribution is 5.90. The number of esters is 1. The first-order chi connectivity index (χ1) is 12.7. The average Bonchev–Trinajstić information content (AvgIpc) is 3.11. The maximum Gasteiger partial charge on any atom is 0.338 e. The molecule has 3 aromatic heterocycles. The summed E-state index contributed by atoms with van der Waals surface area (Å²) >= 11 is 0. The Hall–Kier alpha value is -2.93. The third-order valence-electron chi connectivity index (χ3n) is 4.59. The van der Waals surface area contributed by atoms with Crippen LogP contribution in [0.4, 0.5) is 5.82 Å². The largest absolute Gasteiger partial charge is 0.465 e. The van der Waals surface area contributed by atoms with E-state index < -0.39 is 0 Å². The topological polar surface area (TPSA) is 80.5 Å². The summed E-state index contributed by atoms with van der Waals surface area (Å²) in [6.45, 7) is 2.04. The molecule has 1 fully saturated rings. The SMILES string of the molecule is COC(=O)c1ccn2c(-c3cccc(NC4CCCNC4)n3)cnc2c1. The zero-order valence-corrected chi connectivity index (χ0v) is 14.6. The number of carbonyl (C=O) groups is 1. The van der Waals surface area contributed by atoms with E-state index >= 15 is 0 Å². The monoisotopic (exact) mass is 351 g/mol. The van der Waals surface area contributed by atoms with E-state index in [1.807, 2.05) is 28.8 Å². The van der Waals surface area contributed by atoms with Crippen LogP contribution in [0.5, 0.6) is 0 Å². The van der Waals surface area contributed by atoms with E-state index in [4.69, 9.17) is 9.72 Å².